The molecule has 1 rings (SSSR count). The minimum atomic E-state index is 0.180. The van der Waals surface area contributed by atoms with Crippen LogP contribution in [0.25, 0.3) is 0 Å². The fourth-order valence-corrected chi connectivity index (χ4v) is 3.84. The first-order chi connectivity index (χ1) is 10.2. The van der Waals surface area contributed by atoms with Crippen molar-refractivity contribution in [3.8, 4) is 0 Å². The molecular formula is C17H37N3O. The van der Waals surface area contributed by atoms with E-state index in [0.717, 1.165) is 19.7 Å². The molecule has 2 N–H and O–H groups in total. The van der Waals surface area contributed by atoms with E-state index in [2.05, 4.69) is 30.6 Å². The van der Waals surface area contributed by atoms with Gasteiger partial charge in [0.25, 0.3) is 0 Å². The van der Waals surface area contributed by atoms with Crippen molar-refractivity contribution in [3.05, 3.63) is 0 Å². The van der Waals surface area contributed by atoms with Gasteiger partial charge in [-0.25, -0.2) is 0 Å². The topological polar surface area (TPSA) is 41.7 Å². The molecule has 0 unspecified atom stereocenters. The molecule has 0 spiro atoms. The molecule has 0 atom stereocenters. The summed E-state index contributed by atoms with van der Waals surface area (Å²) in [6.07, 6.45) is 6.03. The molecule has 0 radical (unpaired) electrons. The molecule has 0 aliphatic carbocycles. The summed E-state index contributed by atoms with van der Waals surface area (Å²) in [6, 6.07) is 0.626. The average Bonchev–Trinajstić information content (AvgIpc) is 2.53. The van der Waals surface area contributed by atoms with Crippen LogP contribution in [0.1, 0.15) is 52.9 Å². The maximum atomic E-state index is 6.28. The number of nitrogens with zero attached hydrogens (tertiary/aromatic N) is 2. The average molecular weight is 300 g/mol. The van der Waals surface area contributed by atoms with Crippen LogP contribution in [0.4, 0.5) is 0 Å². The lowest BCUT2D eigenvalue weighted by Crippen LogP contribution is -2.62. The minimum absolute atomic E-state index is 0.180. The van der Waals surface area contributed by atoms with Crippen LogP contribution in [-0.2, 0) is 4.74 Å². The number of hydrogen-bond acceptors (Lipinski definition) is 4. The second-order valence-electron chi connectivity index (χ2n) is 6.43. The third-order valence-electron chi connectivity index (χ3n) is 5.24. The lowest BCUT2D eigenvalue weighted by atomic mass is 9.83. The number of methoxy groups -OCH3 is 1. The van der Waals surface area contributed by atoms with Gasteiger partial charge < -0.3 is 15.4 Å². The van der Waals surface area contributed by atoms with E-state index in [1.165, 1.54) is 51.7 Å². The number of likely N-dealkylation sites (tertiary alicyclic amines) is 1. The predicted octanol–water partition coefficient (Wildman–Crippen LogP) is 2.33. The maximum Gasteiger partial charge on any atom is 0.0590 e. The van der Waals surface area contributed by atoms with Gasteiger partial charge in [-0.1, -0.05) is 20.8 Å². The van der Waals surface area contributed by atoms with E-state index in [0.29, 0.717) is 6.04 Å². The number of piperidine rings is 1. The Labute approximate surface area is 132 Å². The van der Waals surface area contributed by atoms with Crippen molar-refractivity contribution >= 4 is 0 Å². The summed E-state index contributed by atoms with van der Waals surface area (Å²) in [5.41, 5.74) is 6.46. The third-order valence-corrected chi connectivity index (χ3v) is 5.24. The standard InChI is InChI=1S/C17H37N3O/c1-5-10-19-11-8-17(15-18,9-12-19)20(13-14-21-4)16(6-2)7-3/h16H,5-15,18H2,1-4H3. The smallest absolute Gasteiger partial charge is 0.0590 e. The summed E-state index contributed by atoms with van der Waals surface area (Å²) in [5.74, 6) is 0. The first-order valence-corrected chi connectivity index (χ1v) is 8.85. The Morgan fingerprint density at radius 3 is 2.24 bits per heavy atom. The zero-order chi connectivity index (χ0) is 15.7. The van der Waals surface area contributed by atoms with Crippen molar-refractivity contribution in [2.75, 3.05) is 46.4 Å². The van der Waals surface area contributed by atoms with Crippen LogP contribution in [-0.4, -0.2) is 67.8 Å². The molecule has 1 aliphatic rings. The molecule has 4 nitrogen and oxygen atoms in total. The van der Waals surface area contributed by atoms with Crippen LogP contribution in [0.2, 0.25) is 0 Å². The molecule has 0 aromatic heterocycles. The second-order valence-corrected chi connectivity index (χ2v) is 6.43. The largest absolute Gasteiger partial charge is 0.383 e. The number of rotatable bonds is 10. The lowest BCUT2D eigenvalue weighted by molar-refractivity contribution is -0.0197. The van der Waals surface area contributed by atoms with Gasteiger partial charge in [0.15, 0.2) is 0 Å². The van der Waals surface area contributed by atoms with Crippen LogP contribution < -0.4 is 5.73 Å². The van der Waals surface area contributed by atoms with Crippen molar-refractivity contribution in [2.45, 2.75) is 64.5 Å². The molecule has 0 saturated carbocycles. The molecule has 0 amide bonds. The number of nitrogens with two attached hydrogens (primary N) is 1. The molecular weight excluding hydrogens is 262 g/mol. The Kier molecular flexibility index (Phi) is 8.79. The van der Waals surface area contributed by atoms with Crippen molar-refractivity contribution in [1.82, 2.24) is 9.80 Å². The first kappa shape index (κ1) is 18.9. The third kappa shape index (κ3) is 4.92. The van der Waals surface area contributed by atoms with Crippen LogP contribution in [0.5, 0.6) is 0 Å². The highest BCUT2D eigenvalue weighted by atomic mass is 16.5. The highest BCUT2D eigenvalue weighted by Gasteiger charge is 2.40. The molecule has 21 heavy (non-hydrogen) atoms. The number of ether oxygens (including phenoxy) is 1. The summed E-state index contributed by atoms with van der Waals surface area (Å²) in [4.78, 5) is 5.27. The first-order valence-electron chi connectivity index (χ1n) is 8.85. The van der Waals surface area contributed by atoms with E-state index in [1.54, 1.807) is 7.11 Å². The Hall–Kier alpha value is -0.160. The van der Waals surface area contributed by atoms with Gasteiger partial charge in [0.2, 0.25) is 0 Å². The molecule has 0 aromatic rings. The van der Waals surface area contributed by atoms with E-state index in [9.17, 15) is 0 Å². The highest BCUT2D eigenvalue weighted by Crippen LogP contribution is 2.31. The molecule has 4 heteroatoms. The molecule has 126 valence electrons. The van der Waals surface area contributed by atoms with Gasteiger partial charge in [0.05, 0.1) is 6.61 Å². The summed E-state index contributed by atoms with van der Waals surface area (Å²) in [5, 5.41) is 0. The van der Waals surface area contributed by atoms with Crippen LogP contribution >= 0.6 is 0 Å². The molecule has 1 heterocycles. The Morgan fingerprint density at radius 1 is 1.19 bits per heavy atom. The van der Waals surface area contributed by atoms with E-state index in [1.807, 2.05) is 0 Å². The summed E-state index contributed by atoms with van der Waals surface area (Å²) in [6.45, 7) is 13.0. The zero-order valence-corrected chi connectivity index (χ0v) is 14.7. The van der Waals surface area contributed by atoms with Crippen molar-refractivity contribution in [3.63, 3.8) is 0 Å². The van der Waals surface area contributed by atoms with Gasteiger partial charge in [-0.3, -0.25) is 4.90 Å². The van der Waals surface area contributed by atoms with Crippen molar-refractivity contribution in [1.29, 1.82) is 0 Å². The van der Waals surface area contributed by atoms with Gasteiger partial charge in [-0.05, 0) is 51.7 Å². The van der Waals surface area contributed by atoms with Gasteiger partial charge in [0.1, 0.15) is 0 Å². The van der Waals surface area contributed by atoms with Gasteiger partial charge in [-0.15, -0.1) is 0 Å². The SMILES string of the molecule is CCCN1CCC(CN)(N(CCOC)C(CC)CC)CC1. The van der Waals surface area contributed by atoms with Crippen molar-refractivity contribution in [2.24, 2.45) is 5.73 Å². The van der Waals surface area contributed by atoms with Gasteiger partial charge in [-0.2, -0.15) is 0 Å². The summed E-state index contributed by atoms with van der Waals surface area (Å²) >= 11 is 0. The van der Waals surface area contributed by atoms with E-state index < -0.39 is 0 Å². The summed E-state index contributed by atoms with van der Waals surface area (Å²) in [7, 11) is 1.80. The van der Waals surface area contributed by atoms with Gasteiger partial charge >= 0.3 is 0 Å². The minimum Gasteiger partial charge on any atom is -0.383 e. The van der Waals surface area contributed by atoms with Crippen LogP contribution in [0, 0.1) is 0 Å². The van der Waals surface area contributed by atoms with Crippen LogP contribution in [0.3, 0.4) is 0 Å². The molecule has 1 saturated heterocycles. The lowest BCUT2D eigenvalue weighted by Gasteiger charge is -2.51. The van der Waals surface area contributed by atoms with E-state index in [-0.39, 0.29) is 5.54 Å². The van der Waals surface area contributed by atoms with Gasteiger partial charge in [0, 0.05) is 31.8 Å². The predicted molar refractivity (Wildman–Crippen MR) is 90.7 cm³/mol. The molecule has 0 bridgehead atoms. The second kappa shape index (κ2) is 9.78. The quantitative estimate of drug-likeness (QED) is 0.672. The number of hydrogen-bond donors (Lipinski definition) is 1. The normalized spacial score (nSPS) is 19.6. The highest BCUT2D eigenvalue weighted by molar-refractivity contribution is 4.98. The fourth-order valence-electron chi connectivity index (χ4n) is 3.84. The molecule has 1 aliphatic heterocycles. The summed E-state index contributed by atoms with van der Waals surface area (Å²) < 4.78 is 5.36. The maximum absolute atomic E-state index is 6.28. The van der Waals surface area contributed by atoms with E-state index >= 15 is 0 Å². The Bertz CT molecular complexity index is 261. The molecule has 0 aromatic carbocycles. The fraction of sp³-hybridized carbons (Fsp3) is 1.00. The van der Waals surface area contributed by atoms with E-state index in [4.69, 9.17) is 10.5 Å². The Morgan fingerprint density at radius 2 is 1.81 bits per heavy atom. The zero-order valence-electron chi connectivity index (χ0n) is 14.7. The Balaban J connectivity index is 2.80. The monoisotopic (exact) mass is 299 g/mol. The van der Waals surface area contributed by atoms with Crippen LogP contribution in [0.15, 0.2) is 0 Å². The molecule has 1 fully saturated rings. The van der Waals surface area contributed by atoms with Crippen molar-refractivity contribution < 1.29 is 4.74 Å².